The highest BCUT2D eigenvalue weighted by atomic mass is 16.5. The first kappa shape index (κ1) is 15.4. The normalized spacial score (nSPS) is 10.7. The van der Waals surface area contributed by atoms with Crippen molar-refractivity contribution in [3.63, 3.8) is 0 Å². The minimum atomic E-state index is 0.412. The Morgan fingerprint density at radius 3 is 2.33 bits per heavy atom. The standard InChI is InChI=1S/C17H23N3O/c1-4-12-9-7-8-10-16(12)21-17-14(11-18)13(5-2)15(6-3)19-20-17/h7-10H,4-6,11,18H2,1-3H3. The van der Waals surface area contributed by atoms with E-state index in [1.54, 1.807) is 0 Å². The molecule has 2 rings (SSSR count). The Kier molecular flexibility index (Phi) is 5.28. The molecule has 0 bridgehead atoms. The van der Waals surface area contributed by atoms with Gasteiger partial charge in [0.15, 0.2) is 0 Å². The molecule has 0 amide bonds. The number of rotatable bonds is 6. The lowest BCUT2D eigenvalue weighted by Crippen LogP contribution is -2.11. The molecule has 21 heavy (non-hydrogen) atoms. The number of nitrogens with zero attached hydrogens (tertiary/aromatic N) is 2. The molecule has 2 N–H and O–H groups in total. The molecule has 0 aliphatic carbocycles. The lowest BCUT2D eigenvalue weighted by molar-refractivity contribution is 0.440. The van der Waals surface area contributed by atoms with E-state index >= 15 is 0 Å². The molecule has 0 unspecified atom stereocenters. The molecule has 0 radical (unpaired) electrons. The first-order valence-corrected chi connectivity index (χ1v) is 7.58. The van der Waals surface area contributed by atoms with E-state index in [0.29, 0.717) is 12.4 Å². The fourth-order valence-electron chi connectivity index (χ4n) is 2.52. The van der Waals surface area contributed by atoms with Crippen molar-refractivity contribution in [2.45, 2.75) is 46.6 Å². The van der Waals surface area contributed by atoms with Crippen LogP contribution in [0.3, 0.4) is 0 Å². The van der Waals surface area contributed by atoms with Crippen molar-refractivity contribution in [1.82, 2.24) is 10.2 Å². The number of aryl methyl sites for hydroxylation is 2. The fraction of sp³-hybridized carbons (Fsp3) is 0.412. The largest absolute Gasteiger partial charge is 0.437 e. The smallest absolute Gasteiger partial charge is 0.243 e. The predicted octanol–water partition coefficient (Wildman–Crippen LogP) is 3.41. The second kappa shape index (κ2) is 7.18. The SMILES string of the molecule is CCc1ccccc1Oc1nnc(CC)c(CC)c1CN. The van der Waals surface area contributed by atoms with Crippen molar-refractivity contribution < 1.29 is 4.74 Å². The zero-order chi connectivity index (χ0) is 15.2. The van der Waals surface area contributed by atoms with Gasteiger partial charge in [0.1, 0.15) is 5.75 Å². The first-order valence-electron chi connectivity index (χ1n) is 7.58. The van der Waals surface area contributed by atoms with Crippen LogP contribution in [0.15, 0.2) is 24.3 Å². The molecule has 0 saturated carbocycles. The summed E-state index contributed by atoms with van der Waals surface area (Å²) in [5, 5.41) is 8.55. The molecule has 1 heterocycles. The Hall–Kier alpha value is -1.94. The second-order valence-electron chi connectivity index (χ2n) is 4.88. The molecule has 0 aliphatic rings. The van der Waals surface area contributed by atoms with E-state index in [0.717, 1.165) is 41.8 Å². The maximum atomic E-state index is 6.01. The van der Waals surface area contributed by atoms with Crippen LogP contribution in [0.25, 0.3) is 0 Å². The number of hydrogen-bond acceptors (Lipinski definition) is 4. The van der Waals surface area contributed by atoms with Gasteiger partial charge in [0.05, 0.1) is 5.69 Å². The van der Waals surface area contributed by atoms with Crippen molar-refractivity contribution in [1.29, 1.82) is 0 Å². The van der Waals surface area contributed by atoms with Crippen molar-refractivity contribution in [3.8, 4) is 11.6 Å². The maximum absolute atomic E-state index is 6.01. The summed E-state index contributed by atoms with van der Waals surface area (Å²) in [6, 6.07) is 8.00. The molecule has 1 aromatic carbocycles. The van der Waals surface area contributed by atoms with Crippen LogP contribution in [0, 0.1) is 0 Å². The summed E-state index contributed by atoms with van der Waals surface area (Å²) in [5.41, 5.74) is 10.2. The van der Waals surface area contributed by atoms with Crippen LogP contribution in [0.4, 0.5) is 0 Å². The van der Waals surface area contributed by atoms with Crippen LogP contribution >= 0.6 is 0 Å². The van der Waals surface area contributed by atoms with E-state index in [1.807, 2.05) is 18.2 Å². The number of nitrogens with two attached hydrogens (primary N) is 1. The van der Waals surface area contributed by atoms with Gasteiger partial charge in [-0.3, -0.25) is 0 Å². The first-order chi connectivity index (χ1) is 10.2. The summed E-state index contributed by atoms with van der Waals surface area (Å²) in [5.74, 6) is 1.36. The van der Waals surface area contributed by atoms with Gasteiger partial charge in [-0.25, -0.2) is 0 Å². The van der Waals surface area contributed by atoms with Gasteiger partial charge in [-0.1, -0.05) is 39.0 Å². The third-order valence-electron chi connectivity index (χ3n) is 3.69. The second-order valence-corrected chi connectivity index (χ2v) is 4.88. The fourth-order valence-corrected chi connectivity index (χ4v) is 2.52. The summed E-state index contributed by atoms with van der Waals surface area (Å²) < 4.78 is 6.01. The van der Waals surface area contributed by atoms with Crippen molar-refractivity contribution in [2.75, 3.05) is 0 Å². The van der Waals surface area contributed by atoms with E-state index in [4.69, 9.17) is 10.5 Å². The molecule has 0 saturated heterocycles. The monoisotopic (exact) mass is 285 g/mol. The molecule has 1 aromatic heterocycles. The van der Waals surface area contributed by atoms with Gasteiger partial charge in [-0.15, -0.1) is 5.10 Å². The van der Waals surface area contributed by atoms with Crippen LogP contribution in [-0.4, -0.2) is 10.2 Å². The van der Waals surface area contributed by atoms with E-state index in [1.165, 1.54) is 5.56 Å². The maximum Gasteiger partial charge on any atom is 0.243 e. The lowest BCUT2D eigenvalue weighted by Gasteiger charge is -2.15. The molecule has 4 nitrogen and oxygen atoms in total. The van der Waals surface area contributed by atoms with Crippen molar-refractivity contribution in [3.05, 3.63) is 46.6 Å². The minimum Gasteiger partial charge on any atom is -0.437 e. The molecule has 2 aromatic rings. The Morgan fingerprint density at radius 1 is 0.952 bits per heavy atom. The van der Waals surface area contributed by atoms with Gasteiger partial charge in [0, 0.05) is 12.1 Å². The van der Waals surface area contributed by atoms with Crippen molar-refractivity contribution >= 4 is 0 Å². The third kappa shape index (κ3) is 3.22. The molecule has 0 atom stereocenters. The number of para-hydroxylation sites is 1. The van der Waals surface area contributed by atoms with Gasteiger partial charge in [0.2, 0.25) is 5.88 Å². The van der Waals surface area contributed by atoms with Crippen LogP contribution in [0.5, 0.6) is 11.6 Å². The van der Waals surface area contributed by atoms with Gasteiger partial charge in [-0.2, -0.15) is 5.10 Å². The highest BCUT2D eigenvalue weighted by Crippen LogP contribution is 2.29. The molecular weight excluding hydrogens is 262 g/mol. The van der Waals surface area contributed by atoms with Gasteiger partial charge < -0.3 is 10.5 Å². The van der Waals surface area contributed by atoms with Crippen LogP contribution in [-0.2, 0) is 25.8 Å². The summed E-state index contributed by atoms with van der Waals surface area (Å²) in [6.45, 7) is 6.71. The Labute approximate surface area is 126 Å². The molecular formula is C17H23N3O. The zero-order valence-corrected chi connectivity index (χ0v) is 13.0. The highest BCUT2D eigenvalue weighted by molar-refractivity contribution is 5.41. The molecule has 0 fully saturated rings. The number of hydrogen-bond donors (Lipinski definition) is 1. The third-order valence-corrected chi connectivity index (χ3v) is 3.69. The summed E-state index contributed by atoms with van der Waals surface area (Å²) in [6.07, 6.45) is 2.65. The average molecular weight is 285 g/mol. The van der Waals surface area contributed by atoms with E-state index in [2.05, 4.69) is 37.0 Å². The lowest BCUT2D eigenvalue weighted by atomic mass is 10.0. The number of aromatic nitrogens is 2. The topological polar surface area (TPSA) is 61.0 Å². The van der Waals surface area contributed by atoms with Crippen molar-refractivity contribution in [2.24, 2.45) is 5.73 Å². The molecule has 0 spiro atoms. The van der Waals surface area contributed by atoms with Crippen LogP contribution < -0.4 is 10.5 Å². The molecule has 0 aliphatic heterocycles. The summed E-state index contributed by atoms with van der Waals surface area (Å²) in [4.78, 5) is 0. The molecule has 4 heteroatoms. The quantitative estimate of drug-likeness (QED) is 0.883. The number of benzene rings is 1. The van der Waals surface area contributed by atoms with E-state index < -0.39 is 0 Å². The Bertz CT molecular complexity index is 611. The predicted molar refractivity (Wildman–Crippen MR) is 84.6 cm³/mol. The Balaban J connectivity index is 2.44. The van der Waals surface area contributed by atoms with Crippen LogP contribution in [0.2, 0.25) is 0 Å². The summed E-state index contributed by atoms with van der Waals surface area (Å²) in [7, 11) is 0. The van der Waals surface area contributed by atoms with Gasteiger partial charge in [0.25, 0.3) is 0 Å². The minimum absolute atomic E-state index is 0.412. The van der Waals surface area contributed by atoms with Crippen LogP contribution in [0.1, 0.15) is 43.2 Å². The zero-order valence-electron chi connectivity index (χ0n) is 13.0. The van der Waals surface area contributed by atoms with E-state index in [9.17, 15) is 0 Å². The Morgan fingerprint density at radius 2 is 1.71 bits per heavy atom. The average Bonchev–Trinajstić information content (AvgIpc) is 2.54. The highest BCUT2D eigenvalue weighted by Gasteiger charge is 2.15. The van der Waals surface area contributed by atoms with Gasteiger partial charge >= 0.3 is 0 Å². The van der Waals surface area contributed by atoms with Gasteiger partial charge in [-0.05, 0) is 36.5 Å². The summed E-state index contributed by atoms with van der Waals surface area (Å²) >= 11 is 0. The molecule has 112 valence electrons. The number of ether oxygens (including phenoxy) is 1. The van der Waals surface area contributed by atoms with E-state index in [-0.39, 0.29) is 0 Å².